The molecule has 0 unspecified atom stereocenters. The first-order valence-corrected chi connectivity index (χ1v) is 55.2. The molecule has 0 aliphatic carbocycles. The normalized spacial score (nSPS) is 11.7. The molecule has 6 nitrogen and oxygen atoms in total. The van der Waals surface area contributed by atoms with Crippen LogP contribution in [0.1, 0.15) is 0 Å². The van der Waals surface area contributed by atoms with Gasteiger partial charge < -0.3 is 0 Å². The first-order chi connectivity index (χ1) is 72.9. The molecule has 30 aromatic rings. The number of para-hydroxylation sites is 7. The van der Waals surface area contributed by atoms with Crippen molar-refractivity contribution in [2.75, 3.05) is 14.7 Å². The van der Waals surface area contributed by atoms with Gasteiger partial charge in [0.05, 0.1) is 0 Å². The Labute approximate surface area is 867 Å². The van der Waals surface area contributed by atoms with Crippen LogP contribution in [0.2, 0.25) is 0 Å². The van der Waals surface area contributed by atoms with E-state index in [-0.39, 0.29) is 0 Å². The molecule has 9 heteroatoms. The molecule has 0 saturated carbocycles. The fraction of sp³-hybridized carbons (Fsp3) is 0. The molecule has 0 spiro atoms. The Morgan fingerprint density at radius 1 is 0.136 bits per heavy atom. The number of fused-ring (bicyclic) bond motifs is 21. The molecule has 0 aliphatic rings. The van der Waals surface area contributed by atoms with E-state index in [1.165, 1.54) is 189 Å². The molecule has 24 aromatic carbocycles. The Hall–Kier alpha value is -17.6. The molecule has 690 valence electrons. The molecule has 0 fully saturated rings. The maximum absolute atomic E-state index is 2.47. The van der Waals surface area contributed by atoms with Crippen LogP contribution in [0.15, 0.2) is 546 Å². The quantitative estimate of drug-likeness (QED) is 0.0956. The van der Waals surface area contributed by atoms with Crippen molar-refractivity contribution in [3.8, 4) is 50.4 Å². The molecule has 0 amide bonds. The number of hydrogen-bond donors (Lipinski definition) is 0. The van der Waals surface area contributed by atoms with Crippen LogP contribution in [0.4, 0.5) is 51.2 Å². The van der Waals surface area contributed by atoms with Crippen molar-refractivity contribution in [2.24, 2.45) is 0 Å². The van der Waals surface area contributed by atoms with Crippen LogP contribution in [0, 0.1) is 0 Å². The summed E-state index contributed by atoms with van der Waals surface area (Å²) in [5.74, 6) is 0. The summed E-state index contributed by atoms with van der Waals surface area (Å²) in [4.78, 5) is 7.32. The zero-order chi connectivity index (χ0) is 96.9. The summed E-state index contributed by atoms with van der Waals surface area (Å²) in [6, 6.07) is 200. The maximum atomic E-state index is 2.47. The van der Waals surface area contributed by atoms with Crippen molar-refractivity contribution >= 4 is 250 Å². The predicted octanol–water partition coefficient (Wildman–Crippen LogP) is 37.3. The van der Waals surface area contributed by atoms with E-state index in [2.05, 4.69) is 574 Å². The van der Waals surface area contributed by atoms with E-state index in [9.17, 15) is 0 Å². The average molecular weight is 2070 g/mol. The van der Waals surface area contributed by atoms with Crippen LogP contribution in [0.5, 0.6) is 0 Å². The molecule has 0 saturated heterocycles. The van der Waals surface area contributed by atoms with Gasteiger partial charge in [-0.15, -0.1) is 0 Å². The van der Waals surface area contributed by atoms with Gasteiger partial charge in [0.15, 0.2) is 0 Å². The monoisotopic (exact) mass is 2070 g/mol. The zero-order valence-corrected chi connectivity index (χ0v) is 85.0. The molecule has 0 N–H and O–H groups in total. The van der Waals surface area contributed by atoms with Crippen molar-refractivity contribution in [3.63, 3.8) is 0 Å². The van der Waals surface area contributed by atoms with Crippen LogP contribution < -0.4 is 14.7 Å². The molecule has 0 aliphatic heterocycles. The van der Waals surface area contributed by atoms with Gasteiger partial charge in [-0.1, -0.05) is 66.7 Å². The van der Waals surface area contributed by atoms with Gasteiger partial charge in [-0.25, -0.2) is 0 Å². The van der Waals surface area contributed by atoms with Gasteiger partial charge in [0.25, 0.3) is 0 Å². The van der Waals surface area contributed by atoms with Crippen molar-refractivity contribution < 1.29 is 0 Å². The average Bonchev–Trinajstić information content (AvgIpc) is 1.61. The Kier molecular flexibility index (Phi) is 21.9. The van der Waals surface area contributed by atoms with Crippen LogP contribution in [-0.2, 0) is 0 Å². The molecule has 0 radical (unpaired) electrons. The molecular weight excluding hydrogens is 1980 g/mol. The molecule has 0 atom stereocenters. The fourth-order valence-electron chi connectivity index (χ4n) is 22.5. The number of benzene rings is 24. The van der Waals surface area contributed by atoms with Crippen molar-refractivity contribution in [1.29, 1.82) is 0 Å². The number of nitrogens with zero attached hydrogens (tertiary/aromatic N) is 6. The fourth-order valence-corrected chi connectivity index (χ4v) is 29.4. The standard InChI is InChI=1S/3C46H30N2Se/c1-2-15-32(16-3-1)48-43-23-10-7-19-38(43)39-27-25-34(30-44(39)48)47(33-26-28-46-41(29-33)40-20-8-11-24-45(40)49-46)42-22-9-6-18-37(42)36-21-12-14-31-13-4-5-17-35(31)36;1-2-13-33(14-3-1)48-43-19-8-6-16-39(43)40-27-25-36(30-44(40)48)47(35-26-28-46-42(29-35)41-17-7-9-20-45(41)49-46)34-23-21-32(22-24-34)38-18-10-12-31-11-4-5-15-37(31)38;1-2-12-35(13-3-1)48-43-16-8-6-14-39(43)40-26-24-38(30-44(40)48)47(37-25-27-46-42(29-37)41-15-7-9-17-45(41)49-46)36-22-20-32(21-23-36)34-19-18-31-10-4-5-11-33(31)28-34/h3*1-30H. The third-order valence-electron chi connectivity index (χ3n) is 29.3. The SMILES string of the molecule is c1ccc(-n2c3ccccc3c3ccc(N(c4ccc(-c5ccc6ccccc6c5)cc4)c4ccc5[se]c6ccccc6c5c4)cc32)cc1.c1ccc(-n2c3ccccc3c3ccc(N(c4ccc(-c5cccc6ccccc56)cc4)c4ccc5[se]c6ccccc6c5c4)cc32)cc1.c1ccc(-n2c3ccccc3c3ccc(N(c4ccc5[se]c6ccccc6c5c4)c4ccccc4-c4cccc5ccccc45)cc32)cc1. The van der Waals surface area contributed by atoms with Crippen molar-refractivity contribution in [3.05, 3.63) is 546 Å². The number of aromatic nitrogens is 3. The van der Waals surface area contributed by atoms with Gasteiger partial charge in [0.1, 0.15) is 0 Å². The number of anilines is 9. The van der Waals surface area contributed by atoms with E-state index in [4.69, 9.17) is 0 Å². The van der Waals surface area contributed by atoms with E-state index < -0.39 is 0 Å². The van der Waals surface area contributed by atoms with E-state index >= 15 is 0 Å². The summed E-state index contributed by atoms with van der Waals surface area (Å²) < 4.78 is 15.9. The summed E-state index contributed by atoms with van der Waals surface area (Å²) in [6.45, 7) is 0. The number of rotatable bonds is 15. The summed E-state index contributed by atoms with van der Waals surface area (Å²) in [6.07, 6.45) is 0. The summed E-state index contributed by atoms with van der Waals surface area (Å²) in [5, 5.41) is 23.2. The van der Waals surface area contributed by atoms with Crippen LogP contribution >= 0.6 is 0 Å². The Morgan fingerprint density at radius 3 is 0.864 bits per heavy atom. The van der Waals surface area contributed by atoms with E-state index in [0.717, 1.165) is 68.2 Å². The Bertz CT molecular complexity index is 10300. The molecule has 147 heavy (non-hydrogen) atoms. The zero-order valence-electron chi connectivity index (χ0n) is 79.9. The number of hydrogen-bond acceptors (Lipinski definition) is 3. The van der Waals surface area contributed by atoms with E-state index in [1.54, 1.807) is 0 Å². The summed E-state index contributed by atoms with van der Waals surface area (Å²) in [7, 11) is 0. The van der Waals surface area contributed by atoms with Gasteiger partial charge >= 0.3 is 803 Å². The minimum atomic E-state index is 0.311. The Morgan fingerprint density at radius 2 is 0.422 bits per heavy atom. The molecular formula is C138H90N6Se3. The summed E-state index contributed by atoms with van der Waals surface area (Å²) in [5.41, 5.74) is 28.3. The van der Waals surface area contributed by atoms with Crippen molar-refractivity contribution in [2.45, 2.75) is 0 Å². The summed E-state index contributed by atoms with van der Waals surface area (Å²) >= 11 is 0.961. The van der Waals surface area contributed by atoms with Crippen LogP contribution in [0.3, 0.4) is 0 Å². The van der Waals surface area contributed by atoms with Gasteiger partial charge in [0, 0.05) is 0 Å². The molecule has 6 aromatic heterocycles. The predicted molar refractivity (Wildman–Crippen MR) is 631 cm³/mol. The second kappa shape index (κ2) is 37.0. The molecule has 0 bridgehead atoms. The van der Waals surface area contributed by atoms with Gasteiger partial charge in [-0.3, -0.25) is 0 Å². The topological polar surface area (TPSA) is 24.5 Å². The minimum absolute atomic E-state index is 0.311. The van der Waals surface area contributed by atoms with Crippen LogP contribution in [0.25, 0.3) is 206 Å². The first-order valence-electron chi connectivity index (χ1n) is 50.1. The molecule has 30 rings (SSSR count). The van der Waals surface area contributed by atoms with E-state index in [0.29, 0.717) is 43.5 Å². The van der Waals surface area contributed by atoms with E-state index in [1.807, 2.05) is 0 Å². The van der Waals surface area contributed by atoms with Crippen LogP contribution in [-0.4, -0.2) is 57.2 Å². The molecule has 6 heterocycles. The third kappa shape index (κ3) is 15.5. The van der Waals surface area contributed by atoms with Gasteiger partial charge in [0.2, 0.25) is 0 Å². The third-order valence-corrected chi connectivity index (χ3v) is 36.6. The van der Waals surface area contributed by atoms with Gasteiger partial charge in [-0.05, 0) is 5.39 Å². The Balaban J connectivity index is 0.000000107. The van der Waals surface area contributed by atoms with Crippen molar-refractivity contribution in [1.82, 2.24) is 13.7 Å². The van der Waals surface area contributed by atoms with Gasteiger partial charge in [-0.2, -0.15) is 0 Å². The second-order valence-electron chi connectivity index (χ2n) is 37.7. The first kappa shape index (κ1) is 87.2. The second-order valence-corrected chi connectivity index (χ2v) is 44.6.